The molecule has 0 aliphatic carbocycles. The number of benzene rings is 3. The summed E-state index contributed by atoms with van der Waals surface area (Å²) in [4.78, 5) is 13.0. The van der Waals surface area contributed by atoms with Gasteiger partial charge < -0.3 is 10.1 Å². The van der Waals surface area contributed by atoms with Crippen molar-refractivity contribution in [1.82, 2.24) is 5.32 Å². The molecule has 1 aliphatic heterocycles. The predicted molar refractivity (Wildman–Crippen MR) is 120 cm³/mol. The van der Waals surface area contributed by atoms with Gasteiger partial charge in [0.25, 0.3) is 15.9 Å². The number of anilines is 1. The standard InChI is InChI=1S/C24H24N2O4S/c1-17-10-12-19(13-11-17)26(2)31(28,29)20-7-5-6-18(16-20)24(27)25-22-14-15-30-23-9-4-3-8-21(22)23/h3-13,16,22H,14-15H2,1-2H3,(H,25,27)/t22-/m1/s1. The molecule has 1 N–H and O–H groups in total. The Morgan fingerprint density at radius 3 is 2.55 bits per heavy atom. The number of hydrogen-bond donors (Lipinski definition) is 1. The van der Waals surface area contributed by atoms with E-state index in [2.05, 4.69) is 5.32 Å². The Balaban J connectivity index is 1.57. The molecule has 0 bridgehead atoms. The van der Waals surface area contributed by atoms with Gasteiger partial charge in [-0.15, -0.1) is 0 Å². The van der Waals surface area contributed by atoms with Crippen molar-refractivity contribution in [2.75, 3.05) is 18.0 Å². The third kappa shape index (κ3) is 4.27. The highest BCUT2D eigenvalue weighted by molar-refractivity contribution is 7.92. The number of ether oxygens (including phenoxy) is 1. The summed E-state index contributed by atoms with van der Waals surface area (Å²) in [5, 5.41) is 3.01. The van der Waals surface area contributed by atoms with Crippen molar-refractivity contribution in [1.29, 1.82) is 0 Å². The second-order valence-electron chi connectivity index (χ2n) is 7.54. The van der Waals surface area contributed by atoms with E-state index in [4.69, 9.17) is 4.74 Å². The van der Waals surface area contributed by atoms with Crippen LogP contribution in [0.15, 0.2) is 77.7 Å². The van der Waals surface area contributed by atoms with E-state index in [0.717, 1.165) is 16.9 Å². The minimum Gasteiger partial charge on any atom is -0.493 e. The molecule has 0 saturated carbocycles. The van der Waals surface area contributed by atoms with Crippen LogP contribution in [0.3, 0.4) is 0 Å². The van der Waals surface area contributed by atoms with Crippen LogP contribution in [0, 0.1) is 6.92 Å². The molecule has 1 atom stereocenters. The summed E-state index contributed by atoms with van der Waals surface area (Å²) in [5.74, 6) is 0.437. The number of hydrogen-bond acceptors (Lipinski definition) is 4. The van der Waals surface area contributed by atoms with Crippen LogP contribution in [-0.2, 0) is 10.0 Å². The van der Waals surface area contributed by atoms with Crippen LogP contribution >= 0.6 is 0 Å². The Labute approximate surface area is 182 Å². The van der Waals surface area contributed by atoms with Crippen molar-refractivity contribution in [3.63, 3.8) is 0 Å². The molecule has 3 aromatic carbocycles. The summed E-state index contributed by atoms with van der Waals surface area (Å²) < 4.78 is 33.1. The number of rotatable bonds is 5. The Bertz CT molecular complexity index is 1210. The highest BCUT2D eigenvalue weighted by Gasteiger charge is 2.25. The first-order valence-electron chi connectivity index (χ1n) is 10.0. The molecule has 1 aliphatic rings. The van der Waals surface area contributed by atoms with Crippen LogP contribution < -0.4 is 14.4 Å². The molecule has 1 heterocycles. The maximum absolute atomic E-state index is 13.1. The lowest BCUT2D eigenvalue weighted by Crippen LogP contribution is -2.32. The number of carbonyl (C=O) groups excluding carboxylic acids is 1. The fraction of sp³-hybridized carbons (Fsp3) is 0.208. The van der Waals surface area contributed by atoms with Crippen molar-refractivity contribution in [3.05, 3.63) is 89.5 Å². The summed E-state index contributed by atoms with van der Waals surface area (Å²) in [7, 11) is -2.30. The summed E-state index contributed by atoms with van der Waals surface area (Å²) >= 11 is 0. The third-order valence-electron chi connectivity index (χ3n) is 5.42. The summed E-state index contributed by atoms with van der Waals surface area (Å²) in [6.07, 6.45) is 0.650. The lowest BCUT2D eigenvalue weighted by molar-refractivity contribution is 0.0924. The van der Waals surface area contributed by atoms with Crippen molar-refractivity contribution in [2.24, 2.45) is 0 Å². The zero-order valence-corrected chi connectivity index (χ0v) is 18.2. The Morgan fingerprint density at radius 1 is 1.03 bits per heavy atom. The second-order valence-corrected chi connectivity index (χ2v) is 9.51. The van der Waals surface area contributed by atoms with Gasteiger partial charge in [-0.3, -0.25) is 9.10 Å². The number of para-hydroxylation sites is 1. The molecule has 1 amide bonds. The average molecular weight is 437 g/mol. The van der Waals surface area contributed by atoms with Gasteiger partial charge >= 0.3 is 0 Å². The van der Waals surface area contributed by atoms with E-state index >= 15 is 0 Å². The fourth-order valence-corrected chi connectivity index (χ4v) is 4.82. The number of nitrogens with zero attached hydrogens (tertiary/aromatic N) is 1. The maximum atomic E-state index is 13.1. The lowest BCUT2D eigenvalue weighted by atomic mass is 10.00. The van der Waals surface area contributed by atoms with Crippen LogP contribution in [0.4, 0.5) is 5.69 Å². The number of carbonyl (C=O) groups is 1. The molecule has 0 aromatic heterocycles. The molecule has 7 heteroatoms. The molecule has 6 nitrogen and oxygen atoms in total. The molecule has 0 fully saturated rings. The van der Waals surface area contributed by atoms with E-state index in [0.29, 0.717) is 24.3 Å². The van der Waals surface area contributed by atoms with Crippen LogP contribution in [0.25, 0.3) is 0 Å². The van der Waals surface area contributed by atoms with E-state index in [1.54, 1.807) is 24.3 Å². The molecular weight excluding hydrogens is 412 g/mol. The number of fused-ring (bicyclic) bond motifs is 1. The Kier molecular flexibility index (Phi) is 5.69. The van der Waals surface area contributed by atoms with Gasteiger partial charge in [-0.2, -0.15) is 0 Å². The normalized spacial score (nSPS) is 15.5. The largest absolute Gasteiger partial charge is 0.493 e. The smallest absolute Gasteiger partial charge is 0.264 e. The minimum atomic E-state index is -3.81. The van der Waals surface area contributed by atoms with Gasteiger partial charge in [0.05, 0.1) is 23.2 Å². The van der Waals surface area contributed by atoms with Crippen LogP contribution in [0.2, 0.25) is 0 Å². The zero-order chi connectivity index (χ0) is 22.0. The Morgan fingerprint density at radius 2 is 1.77 bits per heavy atom. The van der Waals surface area contributed by atoms with Crippen molar-refractivity contribution in [2.45, 2.75) is 24.3 Å². The highest BCUT2D eigenvalue weighted by Crippen LogP contribution is 2.32. The molecule has 4 rings (SSSR count). The molecule has 0 unspecified atom stereocenters. The van der Waals surface area contributed by atoms with Gasteiger partial charge in [-0.05, 0) is 43.3 Å². The molecule has 0 saturated heterocycles. The molecule has 160 valence electrons. The Hall–Kier alpha value is -3.32. The van der Waals surface area contributed by atoms with E-state index in [9.17, 15) is 13.2 Å². The molecule has 0 spiro atoms. The summed E-state index contributed by atoms with van der Waals surface area (Å²) in [5.41, 5.74) is 2.81. The van der Waals surface area contributed by atoms with Crippen LogP contribution in [-0.4, -0.2) is 28.0 Å². The van der Waals surface area contributed by atoms with Gasteiger partial charge in [0.15, 0.2) is 0 Å². The number of amides is 1. The van der Waals surface area contributed by atoms with Gasteiger partial charge in [0.1, 0.15) is 5.75 Å². The maximum Gasteiger partial charge on any atom is 0.264 e. The molecule has 31 heavy (non-hydrogen) atoms. The topological polar surface area (TPSA) is 75.7 Å². The van der Waals surface area contributed by atoms with Crippen molar-refractivity contribution < 1.29 is 17.9 Å². The first-order chi connectivity index (χ1) is 14.9. The minimum absolute atomic E-state index is 0.0654. The van der Waals surface area contributed by atoms with E-state index in [-0.39, 0.29) is 16.8 Å². The predicted octanol–water partition coefficient (Wildman–Crippen LogP) is 4.07. The zero-order valence-electron chi connectivity index (χ0n) is 17.4. The van der Waals surface area contributed by atoms with Crippen molar-refractivity contribution >= 4 is 21.6 Å². The van der Waals surface area contributed by atoms with E-state index < -0.39 is 10.0 Å². The number of aryl methyl sites for hydroxylation is 1. The van der Waals surface area contributed by atoms with E-state index in [1.165, 1.54) is 23.5 Å². The van der Waals surface area contributed by atoms with Gasteiger partial charge in [0.2, 0.25) is 0 Å². The monoisotopic (exact) mass is 436 g/mol. The van der Waals surface area contributed by atoms with Gasteiger partial charge in [-0.25, -0.2) is 8.42 Å². The SMILES string of the molecule is Cc1ccc(N(C)S(=O)(=O)c2cccc(C(=O)N[C@@H]3CCOc4ccccc43)c2)cc1. The first-order valence-corrected chi connectivity index (χ1v) is 11.5. The van der Waals surface area contributed by atoms with Crippen LogP contribution in [0.5, 0.6) is 5.75 Å². The number of nitrogens with one attached hydrogen (secondary N) is 1. The fourth-order valence-electron chi connectivity index (χ4n) is 3.58. The van der Waals surface area contributed by atoms with Gasteiger partial charge in [-0.1, -0.05) is 42.0 Å². The summed E-state index contributed by atoms with van der Waals surface area (Å²) in [6, 6.07) is 20.8. The first kappa shape index (κ1) is 20.9. The van der Waals surface area contributed by atoms with Crippen LogP contribution in [0.1, 0.15) is 33.9 Å². The lowest BCUT2D eigenvalue weighted by Gasteiger charge is -2.26. The molecule has 3 aromatic rings. The number of sulfonamides is 1. The third-order valence-corrected chi connectivity index (χ3v) is 7.20. The average Bonchev–Trinajstić information content (AvgIpc) is 2.79. The molecular formula is C24H24N2O4S. The van der Waals surface area contributed by atoms with Gasteiger partial charge in [0, 0.05) is 24.6 Å². The molecule has 0 radical (unpaired) electrons. The quantitative estimate of drug-likeness (QED) is 0.654. The van der Waals surface area contributed by atoms with Crippen molar-refractivity contribution in [3.8, 4) is 5.75 Å². The highest BCUT2D eigenvalue weighted by atomic mass is 32.2. The second kappa shape index (κ2) is 8.43. The summed E-state index contributed by atoms with van der Waals surface area (Å²) in [6.45, 7) is 2.45. The van der Waals surface area contributed by atoms with E-state index in [1.807, 2.05) is 43.3 Å².